The molecule has 2 fully saturated rings. The average Bonchev–Trinajstić information content (AvgIpc) is 3.49. The van der Waals surface area contributed by atoms with Crippen LogP contribution in [0.15, 0.2) is 48.7 Å². The van der Waals surface area contributed by atoms with E-state index in [9.17, 15) is 0 Å². The number of nitrogens with zero attached hydrogens (tertiary/aromatic N) is 6. The van der Waals surface area contributed by atoms with Crippen LogP contribution in [-0.4, -0.2) is 70.2 Å². The first-order valence-electron chi connectivity index (χ1n) is 11.5. The van der Waals surface area contributed by atoms with Gasteiger partial charge >= 0.3 is 0 Å². The lowest BCUT2D eigenvalue weighted by molar-refractivity contribution is 0.0966. The van der Waals surface area contributed by atoms with Gasteiger partial charge < -0.3 is 14.4 Å². The van der Waals surface area contributed by atoms with E-state index in [1.807, 2.05) is 47.3 Å². The van der Waals surface area contributed by atoms with E-state index in [4.69, 9.17) is 26.8 Å². The van der Waals surface area contributed by atoms with Crippen LogP contribution in [0.3, 0.4) is 0 Å². The molecule has 0 aliphatic carbocycles. The molecule has 0 spiro atoms. The van der Waals surface area contributed by atoms with Crippen molar-refractivity contribution in [2.45, 2.75) is 32.2 Å². The van der Waals surface area contributed by atoms with Gasteiger partial charge in [0.2, 0.25) is 0 Å². The number of methoxy groups -OCH3 is 1. The van der Waals surface area contributed by atoms with Crippen molar-refractivity contribution in [3.63, 3.8) is 0 Å². The van der Waals surface area contributed by atoms with Gasteiger partial charge in [0.15, 0.2) is 10.6 Å². The van der Waals surface area contributed by atoms with E-state index in [-0.39, 0.29) is 6.10 Å². The molecule has 2 aliphatic heterocycles. The third kappa shape index (κ3) is 4.95. The number of rotatable bonds is 7. The molecule has 5 rings (SSSR count). The molecule has 2 saturated heterocycles. The predicted octanol–water partition coefficient (Wildman–Crippen LogP) is 3.44. The summed E-state index contributed by atoms with van der Waals surface area (Å²) in [5, 5.41) is 4.96. The molecule has 0 bridgehead atoms. The van der Waals surface area contributed by atoms with Crippen molar-refractivity contribution in [3.8, 4) is 17.1 Å². The van der Waals surface area contributed by atoms with Crippen LogP contribution in [-0.2, 0) is 18.0 Å². The average molecular weight is 467 g/mol. The number of piperazine rings is 1. The minimum atomic E-state index is 0.188. The van der Waals surface area contributed by atoms with Gasteiger partial charge in [0.1, 0.15) is 11.6 Å². The van der Waals surface area contributed by atoms with Crippen molar-refractivity contribution in [1.29, 1.82) is 0 Å². The predicted molar refractivity (Wildman–Crippen MR) is 130 cm³/mol. The van der Waals surface area contributed by atoms with E-state index in [1.165, 1.54) is 0 Å². The van der Waals surface area contributed by atoms with E-state index in [2.05, 4.69) is 25.4 Å². The second-order valence-electron chi connectivity index (χ2n) is 8.51. The zero-order valence-corrected chi connectivity index (χ0v) is 19.8. The van der Waals surface area contributed by atoms with Crippen LogP contribution in [0.1, 0.15) is 12.8 Å². The summed E-state index contributed by atoms with van der Waals surface area (Å²) in [7, 11) is 1.68. The summed E-state index contributed by atoms with van der Waals surface area (Å²) in [6.07, 6.45) is 4.20. The fraction of sp³-hybridized carbons (Fsp3) is 0.458. The van der Waals surface area contributed by atoms with E-state index in [0.717, 1.165) is 79.9 Å². The molecule has 2 aliphatic rings. The first-order valence-corrected chi connectivity index (χ1v) is 11.9. The maximum Gasteiger partial charge on any atom is 0.199 e. The lowest BCUT2D eigenvalue weighted by atomic mass is 10.2. The van der Waals surface area contributed by atoms with Crippen molar-refractivity contribution in [1.82, 2.24) is 24.2 Å². The summed E-state index contributed by atoms with van der Waals surface area (Å²) >= 11 is 5.90. The Morgan fingerprint density at radius 1 is 1.09 bits per heavy atom. The van der Waals surface area contributed by atoms with Gasteiger partial charge in [0, 0.05) is 44.5 Å². The summed E-state index contributed by atoms with van der Waals surface area (Å²) in [5.41, 5.74) is 1.03. The highest BCUT2D eigenvalue weighted by atomic mass is 32.1. The maximum atomic E-state index is 5.91. The van der Waals surface area contributed by atoms with Crippen LogP contribution in [0.4, 0.5) is 5.82 Å². The highest BCUT2D eigenvalue weighted by Gasteiger charge is 2.23. The Hall–Kier alpha value is -2.75. The fourth-order valence-corrected chi connectivity index (χ4v) is 4.75. The number of ether oxygens (including phenoxy) is 2. The fourth-order valence-electron chi connectivity index (χ4n) is 4.49. The summed E-state index contributed by atoms with van der Waals surface area (Å²) in [4.78, 5) is 9.21. The van der Waals surface area contributed by atoms with Crippen LogP contribution in [0.25, 0.3) is 11.4 Å². The number of hydrogen-bond donors (Lipinski definition) is 0. The molecule has 1 atom stereocenters. The Labute approximate surface area is 199 Å². The Kier molecular flexibility index (Phi) is 6.70. The molecule has 0 amide bonds. The Morgan fingerprint density at radius 2 is 1.91 bits per heavy atom. The topological polar surface area (TPSA) is 60.6 Å². The smallest absolute Gasteiger partial charge is 0.199 e. The first kappa shape index (κ1) is 22.1. The molecule has 0 N–H and O–H groups in total. The van der Waals surface area contributed by atoms with E-state index >= 15 is 0 Å². The zero-order chi connectivity index (χ0) is 22.6. The van der Waals surface area contributed by atoms with Gasteiger partial charge in [-0.3, -0.25) is 9.47 Å². The van der Waals surface area contributed by atoms with Crippen LogP contribution >= 0.6 is 12.2 Å². The quantitative estimate of drug-likeness (QED) is 0.494. The molecule has 3 aromatic rings. The monoisotopic (exact) mass is 466 g/mol. The highest BCUT2D eigenvalue weighted by molar-refractivity contribution is 7.71. The molecule has 1 aromatic carbocycles. The number of hydrogen-bond acceptors (Lipinski definition) is 7. The number of anilines is 1. The minimum Gasteiger partial charge on any atom is -0.497 e. The Morgan fingerprint density at radius 3 is 2.58 bits per heavy atom. The molecular formula is C24H30N6O2S. The SMILES string of the molecule is COc1ccc(-c2nn(CN3CCN(c4ccccn4)CC3)c(=S)n2CC2CCCO2)cc1. The van der Waals surface area contributed by atoms with Gasteiger partial charge in [0.05, 0.1) is 26.4 Å². The standard InChI is InChI=1S/C24H30N6O2S/c1-31-20-9-7-19(8-10-20)23-26-30(24(33)29(23)17-21-5-4-16-32-21)18-27-12-14-28(15-13-27)22-6-2-3-11-25-22/h2-3,6-11,21H,4-5,12-18H2,1H3. The second-order valence-corrected chi connectivity index (χ2v) is 8.88. The third-order valence-corrected chi connectivity index (χ3v) is 6.79. The molecule has 0 saturated carbocycles. The van der Waals surface area contributed by atoms with Crippen molar-refractivity contribution < 1.29 is 9.47 Å². The van der Waals surface area contributed by atoms with Crippen LogP contribution in [0.5, 0.6) is 5.75 Å². The van der Waals surface area contributed by atoms with E-state index in [0.29, 0.717) is 6.67 Å². The first-order chi connectivity index (χ1) is 16.2. The van der Waals surface area contributed by atoms with Gasteiger partial charge in [-0.2, -0.15) is 5.10 Å². The zero-order valence-electron chi connectivity index (χ0n) is 19.0. The largest absolute Gasteiger partial charge is 0.497 e. The molecule has 174 valence electrons. The summed E-state index contributed by atoms with van der Waals surface area (Å²) in [5.74, 6) is 2.75. The molecular weight excluding hydrogens is 436 g/mol. The summed E-state index contributed by atoms with van der Waals surface area (Å²) in [6, 6.07) is 14.1. The van der Waals surface area contributed by atoms with Gasteiger partial charge in [-0.05, 0) is 61.5 Å². The summed E-state index contributed by atoms with van der Waals surface area (Å²) in [6.45, 7) is 5.98. The number of pyridine rings is 1. The number of benzene rings is 1. The van der Waals surface area contributed by atoms with Crippen LogP contribution in [0, 0.1) is 4.77 Å². The molecule has 0 radical (unpaired) electrons. The molecule has 33 heavy (non-hydrogen) atoms. The lowest BCUT2D eigenvalue weighted by Crippen LogP contribution is -2.47. The van der Waals surface area contributed by atoms with Gasteiger partial charge in [0.25, 0.3) is 0 Å². The minimum absolute atomic E-state index is 0.188. The van der Waals surface area contributed by atoms with E-state index in [1.54, 1.807) is 7.11 Å². The maximum absolute atomic E-state index is 5.91. The van der Waals surface area contributed by atoms with Crippen LogP contribution < -0.4 is 9.64 Å². The third-order valence-electron chi connectivity index (χ3n) is 6.36. The van der Waals surface area contributed by atoms with Crippen molar-refractivity contribution in [2.24, 2.45) is 0 Å². The van der Waals surface area contributed by atoms with Crippen molar-refractivity contribution in [2.75, 3.05) is 44.8 Å². The highest BCUT2D eigenvalue weighted by Crippen LogP contribution is 2.24. The molecule has 2 aromatic heterocycles. The normalized spacial score (nSPS) is 19.2. The Balaban J connectivity index is 1.35. The molecule has 1 unspecified atom stereocenters. The van der Waals surface area contributed by atoms with Crippen molar-refractivity contribution in [3.05, 3.63) is 53.4 Å². The lowest BCUT2D eigenvalue weighted by Gasteiger charge is -2.35. The Bertz CT molecular complexity index is 1100. The van der Waals surface area contributed by atoms with Gasteiger partial charge in [-0.15, -0.1) is 0 Å². The number of aromatic nitrogens is 4. The molecule has 9 heteroatoms. The molecule has 8 nitrogen and oxygen atoms in total. The van der Waals surface area contributed by atoms with Gasteiger partial charge in [-0.25, -0.2) is 9.67 Å². The summed E-state index contributed by atoms with van der Waals surface area (Å²) < 4.78 is 16.1. The van der Waals surface area contributed by atoms with Crippen molar-refractivity contribution >= 4 is 18.0 Å². The molecule has 4 heterocycles. The van der Waals surface area contributed by atoms with Crippen LogP contribution in [0.2, 0.25) is 0 Å². The van der Waals surface area contributed by atoms with E-state index < -0.39 is 0 Å². The second kappa shape index (κ2) is 10.0. The van der Waals surface area contributed by atoms with Gasteiger partial charge in [-0.1, -0.05) is 6.07 Å².